The highest BCUT2D eigenvalue weighted by atomic mass is 15.2. The van der Waals surface area contributed by atoms with Gasteiger partial charge in [-0.15, -0.1) is 0 Å². The average molecular weight is 350 g/mol. The van der Waals surface area contributed by atoms with Gasteiger partial charge in [-0.05, 0) is 43.5 Å². The summed E-state index contributed by atoms with van der Waals surface area (Å²) in [4.78, 5) is 13.9. The zero-order chi connectivity index (χ0) is 18.1. The molecule has 6 heteroatoms. The molecule has 1 saturated carbocycles. The Bertz CT molecular complexity index is 903. The highest BCUT2D eigenvalue weighted by molar-refractivity contribution is 5.77. The zero-order valence-corrected chi connectivity index (χ0v) is 15.3. The van der Waals surface area contributed by atoms with E-state index in [-0.39, 0.29) is 0 Å². The summed E-state index contributed by atoms with van der Waals surface area (Å²) in [5.41, 5.74) is 15.4. The molecule has 4 rings (SSSR count). The third-order valence-electron chi connectivity index (χ3n) is 5.21. The molecule has 0 saturated heterocycles. The molecule has 0 atom stereocenters. The third kappa shape index (κ3) is 3.11. The van der Waals surface area contributed by atoms with Crippen LogP contribution in [0.1, 0.15) is 57.3 Å². The number of aromatic nitrogens is 4. The monoisotopic (exact) mass is 350 g/mol. The van der Waals surface area contributed by atoms with E-state index in [1.807, 2.05) is 18.2 Å². The molecule has 3 aromatic rings. The minimum Gasteiger partial charge on any atom is -0.384 e. The number of nitrogens with two attached hydrogens (primary N) is 2. The number of imidazole rings is 1. The molecule has 136 valence electrons. The molecule has 3 aromatic heterocycles. The van der Waals surface area contributed by atoms with Crippen molar-refractivity contribution in [3.63, 3.8) is 0 Å². The highest BCUT2D eigenvalue weighted by Crippen LogP contribution is 2.34. The van der Waals surface area contributed by atoms with Crippen LogP contribution in [0.4, 0.5) is 11.6 Å². The molecule has 0 aliphatic heterocycles. The molecule has 1 aliphatic rings. The molecular weight excluding hydrogens is 324 g/mol. The molecule has 4 N–H and O–H groups in total. The van der Waals surface area contributed by atoms with Crippen molar-refractivity contribution in [3.05, 3.63) is 30.1 Å². The van der Waals surface area contributed by atoms with E-state index >= 15 is 0 Å². The van der Waals surface area contributed by atoms with E-state index < -0.39 is 0 Å². The number of hydrogen-bond acceptors (Lipinski definition) is 5. The van der Waals surface area contributed by atoms with Gasteiger partial charge in [0.25, 0.3) is 0 Å². The first-order chi connectivity index (χ1) is 12.7. The Kier molecular flexibility index (Phi) is 4.49. The summed E-state index contributed by atoms with van der Waals surface area (Å²) < 4.78 is 2.40. The van der Waals surface area contributed by atoms with Crippen molar-refractivity contribution in [1.29, 1.82) is 0 Å². The van der Waals surface area contributed by atoms with Crippen LogP contribution in [0, 0.1) is 0 Å². The maximum atomic E-state index is 5.86. The number of unbranched alkanes of at least 4 members (excludes halogenated alkanes) is 1. The van der Waals surface area contributed by atoms with Crippen molar-refractivity contribution in [2.75, 3.05) is 11.5 Å². The lowest BCUT2D eigenvalue weighted by Gasteiger charge is -2.16. The van der Waals surface area contributed by atoms with E-state index in [2.05, 4.69) is 22.5 Å². The largest absolute Gasteiger partial charge is 0.384 e. The van der Waals surface area contributed by atoms with Crippen LogP contribution in [0.25, 0.3) is 22.4 Å². The lowest BCUT2D eigenvalue weighted by molar-refractivity contribution is 0.503. The van der Waals surface area contributed by atoms with Gasteiger partial charge in [-0.2, -0.15) is 0 Å². The van der Waals surface area contributed by atoms with Crippen molar-refractivity contribution in [1.82, 2.24) is 19.5 Å². The first kappa shape index (κ1) is 16.8. The molecular formula is C20H26N6. The number of aryl methyl sites for hydroxylation is 1. The van der Waals surface area contributed by atoms with Gasteiger partial charge >= 0.3 is 0 Å². The number of nitrogen functional groups attached to an aromatic ring is 2. The van der Waals surface area contributed by atoms with E-state index in [1.165, 1.54) is 37.9 Å². The smallest absolute Gasteiger partial charge is 0.160 e. The van der Waals surface area contributed by atoms with Gasteiger partial charge in [0.05, 0.1) is 5.69 Å². The summed E-state index contributed by atoms with van der Waals surface area (Å²) in [6, 6.07) is 8.21. The van der Waals surface area contributed by atoms with Crippen LogP contribution < -0.4 is 11.5 Å². The van der Waals surface area contributed by atoms with E-state index in [1.54, 1.807) is 0 Å². The SMILES string of the molecule is CCCCc1nc2ccc(-c3cc(N)nc(N)c3)nc2n1C1CCCC1. The standard InChI is InChI=1S/C20H26N6/c1-2-3-8-19-23-16-10-9-15(13-11-17(21)25-18(22)12-13)24-20(16)26(19)14-6-4-5-7-14/h9-12,14H,2-8H2,1H3,(H4,21,22,25). The second kappa shape index (κ2) is 6.94. The van der Waals surface area contributed by atoms with Crippen LogP contribution in [0.15, 0.2) is 24.3 Å². The fourth-order valence-electron chi connectivity index (χ4n) is 3.96. The zero-order valence-electron chi connectivity index (χ0n) is 15.3. The van der Waals surface area contributed by atoms with E-state index in [0.717, 1.165) is 35.3 Å². The van der Waals surface area contributed by atoms with E-state index in [9.17, 15) is 0 Å². The lowest BCUT2D eigenvalue weighted by Crippen LogP contribution is -2.10. The van der Waals surface area contributed by atoms with Crippen molar-refractivity contribution in [2.24, 2.45) is 0 Å². The minimum atomic E-state index is 0.412. The summed E-state index contributed by atoms with van der Waals surface area (Å²) in [5.74, 6) is 2.00. The molecule has 0 aromatic carbocycles. The van der Waals surface area contributed by atoms with Crippen LogP contribution in [0.2, 0.25) is 0 Å². The van der Waals surface area contributed by atoms with Crippen molar-refractivity contribution >= 4 is 22.8 Å². The van der Waals surface area contributed by atoms with Gasteiger partial charge < -0.3 is 16.0 Å². The molecule has 0 unspecified atom stereocenters. The number of fused-ring (bicyclic) bond motifs is 1. The Morgan fingerprint density at radius 2 is 1.77 bits per heavy atom. The van der Waals surface area contributed by atoms with Gasteiger partial charge in [-0.1, -0.05) is 26.2 Å². The van der Waals surface area contributed by atoms with Gasteiger partial charge in [0.1, 0.15) is 23.0 Å². The Morgan fingerprint density at radius 3 is 2.46 bits per heavy atom. The van der Waals surface area contributed by atoms with Gasteiger partial charge in [0.2, 0.25) is 0 Å². The summed E-state index contributed by atoms with van der Waals surface area (Å²) in [7, 11) is 0. The minimum absolute atomic E-state index is 0.412. The fraction of sp³-hybridized carbons (Fsp3) is 0.450. The molecule has 0 radical (unpaired) electrons. The molecule has 1 aliphatic carbocycles. The topological polar surface area (TPSA) is 95.6 Å². The average Bonchev–Trinajstić information content (AvgIpc) is 3.25. The van der Waals surface area contributed by atoms with Gasteiger partial charge in [-0.3, -0.25) is 0 Å². The van der Waals surface area contributed by atoms with E-state index in [0.29, 0.717) is 17.7 Å². The second-order valence-electron chi connectivity index (χ2n) is 7.18. The number of nitrogens with zero attached hydrogens (tertiary/aromatic N) is 4. The summed E-state index contributed by atoms with van der Waals surface area (Å²) in [6.07, 6.45) is 8.33. The maximum Gasteiger partial charge on any atom is 0.160 e. The Labute approximate surface area is 153 Å². The first-order valence-corrected chi connectivity index (χ1v) is 9.57. The summed E-state index contributed by atoms with van der Waals surface area (Å²) in [6.45, 7) is 2.22. The number of hydrogen-bond donors (Lipinski definition) is 2. The number of rotatable bonds is 5. The normalized spacial score (nSPS) is 15.1. The lowest BCUT2D eigenvalue weighted by atomic mass is 10.1. The van der Waals surface area contributed by atoms with Crippen molar-refractivity contribution < 1.29 is 0 Å². The Hall–Kier alpha value is -2.63. The molecule has 3 heterocycles. The molecule has 0 bridgehead atoms. The predicted molar refractivity (Wildman–Crippen MR) is 106 cm³/mol. The maximum absolute atomic E-state index is 5.86. The van der Waals surface area contributed by atoms with Gasteiger partial charge in [-0.25, -0.2) is 15.0 Å². The molecule has 0 amide bonds. The second-order valence-corrected chi connectivity index (χ2v) is 7.18. The summed E-state index contributed by atoms with van der Waals surface area (Å²) in [5, 5.41) is 0. The number of anilines is 2. The molecule has 26 heavy (non-hydrogen) atoms. The van der Waals surface area contributed by atoms with Crippen LogP contribution >= 0.6 is 0 Å². The Morgan fingerprint density at radius 1 is 1.04 bits per heavy atom. The summed E-state index contributed by atoms with van der Waals surface area (Å²) >= 11 is 0. The highest BCUT2D eigenvalue weighted by Gasteiger charge is 2.23. The van der Waals surface area contributed by atoms with Crippen LogP contribution in [0.5, 0.6) is 0 Å². The molecule has 0 spiro atoms. The van der Waals surface area contributed by atoms with Crippen molar-refractivity contribution in [2.45, 2.75) is 57.9 Å². The fourth-order valence-corrected chi connectivity index (χ4v) is 3.96. The van der Waals surface area contributed by atoms with E-state index in [4.69, 9.17) is 21.4 Å². The predicted octanol–water partition coefficient (Wildman–Crippen LogP) is 4.12. The van der Waals surface area contributed by atoms with Crippen LogP contribution in [-0.4, -0.2) is 19.5 Å². The van der Waals surface area contributed by atoms with Crippen LogP contribution in [0.3, 0.4) is 0 Å². The Balaban J connectivity index is 1.84. The molecule has 6 nitrogen and oxygen atoms in total. The molecule has 1 fully saturated rings. The van der Waals surface area contributed by atoms with Gasteiger partial charge in [0, 0.05) is 18.0 Å². The van der Waals surface area contributed by atoms with Gasteiger partial charge in [0.15, 0.2) is 5.65 Å². The quantitative estimate of drug-likeness (QED) is 0.722. The van der Waals surface area contributed by atoms with Crippen molar-refractivity contribution in [3.8, 4) is 11.3 Å². The number of pyridine rings is 2. The first-order valence-electron chi connectivity index (χ1n) is 9.57. The van der Waals surface area contributed by atoms with Crippen LogP contribution in [-0.2, 0) is 6.42 Å². The third-order valence-corrected chi connectivity index (χ3v) is 5.21.